The SMILES string of the molecule is C=CCN1C(=O)N[C@@H](c2ccc(C)cc2)C2=C1CN(CC(=O)NC1CC1)C2=O. The molecule has 1 atom stereocenters. The fourth-order valence-corrected chi connectivity index (χ4v) is 3.68. The van der Waals surface area contributed by atoms with Crippen LogP contribution in [-0.2, 0) is 9.59 Å². The van der Waals surface area contributed by atoms with Crippen molar-refractivity contribution in [3.05, 3.63) is 59.3 Å². The molecule has 0 saturated heterocycles. The maximum Gasteiger partial charge on any atom is 0.322 e. The van der Waals surface area contributed by atoms with Crippen molar-refractivity contribution in [1.29, 1.82) is 0 Å². The highest BCUT2D eigenvalue weighted by Crippen LogP contribution is 2.36. The number of hydrogen-bond acceptors (Lipinski definition) is 3. The Bertz CT molecular complexity index is 870. The third-order valence-electron chi connectivity index (χ3n) is 5.30. The van der Waals surface area contributed by atoms with Gasteiger partial charge in [0, 0.05) is 12.6 Å². The van der Waals surface area contributed by atoms with Crippen molar-refractivity contribution in [2.75, 3.05) is 19.6 Å². The molecule has 1 saturated carbocycles. The number of rotatable bonds is 6. The molecular weight excluding hydrogens is 356 g/mol. The second-order valence-electron chi connectivity index (χ2n) is 7.56. The van der Waals surface area contributed by atoms with Gasteiger partial charge in [-0.05, 0) is 25.3 Å². The summed E-state index contributed by atoms with van der Waals surface area (Å²) in [7, 11) is 0. The predicted molar refractivity (Wildman–Crippen MR) is 104 cm³/mol. The van der Waals surface area contributed by atoms with E-state index in [-0.39, 0.29) is 37.0 Å². The van der Waals surface area contributed by atoms with Gasteiger partial charge >= 0.3 is 6.03 Å². The second kappa shape index (κ2) is 7.14. The third kappa shape index (κ3) is 3.40. The molecule has 2 heterocycles. The number of nitrogens with zero attached hydrogens (tertiary/aromatic N) is 2. The Balaban J connectivity index is 1.63. The molecule has 7 nitrogen and oxygen atoms in total. The molecule has 146 valence electrons. The van der Waals surface area contributed by atoms with E-state index < -0.39 is 6.04 Å². The lowest BCUT2D eigenvalue weighted by atomic mass is 9.95. The van der Waals surface area contributed by atoms with Gasteiger partial charge in [-0.25, -0.2) is 4.79 Å². The van der Waals surface area contributed by atoms with Crippen LogP contribution in [0.2, 0.25) is 0 Å². The lowest BCUT2D eigenvalue weighted by Gasteiger charge is -2.33. The maximum absolute atomic E-state index is 13.2. The van der Waals surface area contributed by atoms with Gasteiger partial charge in [-0.15, -0.1) is 6.58 Å². The minimum absolute atomic E-state index is 0.000922. The fraction of sp³-hybridized carbons (Fsp3) is 0.381. The van der Waals surface area contributed by atoms with E-state index in [1.54, 1.807) is 6.08 Å². The van der Waals surface area contributed by atoms with E-state index in [2.05, 4.69) is 17.2 Å². The van der Waals surface area contributed by atoms with Crippen LogP contribution in [0.3, 0.4) is 0 Å². The molecule has 2 N–H and O–H groups in total. The van der Waals surface area contributed by atoms with E-state index >= 15 is 0 Å². The topological polar surface area (TPSA) is 81.8 Å². The van der Waals surface area contributed by atoms with E-state index in [0.717, 1.165) is 24.0 Å². The van der Waals surface area contributed by atoms with Crippen LogP contribution in [0.5, 0.6) is 0 Å². The molecule has 28 heavy (non-hydrogen) atoms. The molecule has 2 aliphatic heterocycles. The number of hydrogen-bond donors (Lipinski definition) is 2. The quantitative estimate of drug-likeness (QED) is 0.736. The predicted octanol–water partition coefficient (Wildman–Crippen LogP) is 1.62. The van der Waals surface area contributed by atoms with Gasteiger partial charge in [0.05, 0.1) is 23.9 Å². The smallest absolute Gasteiger partial charge is 0.322 e. The first kappa shape index (κ1) is 18.3. The van der Waals surface area contributed by atoms with Gasteiger partial charge in [0.15, 0.2) is 0 Å². The Morgan fingerprint density at radius 3 is 2.64 bits per heavy atom. The first-order valence-corrected chi connectivity index (χ1v) is 9.55. The molecule has 0 radical (unpaired) electrons. The Hall–Kier alpha value is -3.09. The van der Waals surface area contributed by atoms with Gasteiger partial charge in [-0.2, -0.15) is 0 Å². The maximum atomic E-state index is 13.2. The number of carbonyl (C=O) groups is 3. The summed E-state index contributed by atoms with van der Waals surface area (Å²) in [5.41, 5.74) is 3.13. The van der Waals surface area contributed by atoms with E-state index in [1.807, 2.05) is 31.2 Å². The first-order valence-electron chi connectivity index (χ1n) is 9.55. The van der Waals surface area contributed by atoms with E-state index in [1.165, 1.54) is 9.80 Å². The first-order chi connectivity index (χ1) is 13.5. The van der Waals surface area contributed by atoms with Crippen LogP contribution < -0.4 is 10.6 Å². The average molecular weight is 380 g/mol. The molecular formula is C21H24N4O3. The Kier molecular flexibility index (Phi) is 4.66. The van der Waals surface area contributed by atoms with Crippen LogP contribution in [0.25, 0.3) is 0 Å². The lowest BCUT2D eigenvalue weighted by Crippen LogP contribution is -2.47. The van der Waals surface area contributed by atoms with E-state index in [9.17, 15) is 14.4 Å². The Labute approximate surface area is 164 Å². The van der Waals surface area contributed by atoms with Crippen LogP contribution in [0.1, 0.15) is 30.0 Å². The summed E-state index contributed by atoms with van der Waals surface area (Å²) in [5.74, 6) is -0.363. The summed E-state index contributed by atoms with van der Waals surface area (Å²) in [6, 6.07) is 7.21. The van der Waals surface area contributed by atoms with Crippen LogP contribution in [0.4, 0.5) is 4.79 Å². The fourth-order valence-electron chi connectivity index (χ4n) is 3.68. The van der Waals surface area contributed by atoms with E-state index in [0.29, 0.717) is 17.8 Å². The van der Waals surface area contributed by atoms with Crippen molar-refractivity contribution in [3.8, 4) is 0 Å². The molecule has 0 aromatic heterocycles. The molecule has 7 heteroatoms. The molecule has 4 rings (SSSR count). The summed E-state index contributed by atoms with van der Waals surface area (Å²) >= 11 is 0. The molecule has 0 spiro atoms. The zero-order valence-corrected chi connectivity index (χ0v) is 15.9. The summed E-state index contributed by atoms with van der Waals surface area (Å²) in [6.45, 7) is 6.25. The summed E-state index contributed by atoms with van der Waals surface area (Å²) in [6.07, 6.45) is 3.62. The molecule has 1 aromatic carbocycles. The number of benzene rings is 1. The van der Waals surface area contributed by atoms with E-state index in [4.69, 9.17) is 0 Å². The van der Waals surface area contributed by atoms with Crippen molar-refractivity contribution >= 4 is 17.8 Å². The minimum Gasteiger partial charge on any atom is -0.352 e. The summed E-state index contributed by atoms with van der Waals surface area (Å²) < 4.78 is 0. The number of amides is 4. The van der Waals surface area contributed by atoms with Gasteiger partial charge in [-0.3, -0.25) is 14.5 Å². The highest BCUT2D eigenvalue weighted by Gasteiger charge is 2.44. The number of nitrogens with one attached hydrogen (secondary N) is 2. The second-order valence-corrected chi connectivity index (χ2v) is 7.56. The van der Waals surface area contributed by atoms with Crippen LogP contribution >= 0.6 is 0 Å². The van der Waals surface area contributed by atoms with Crippen molar-refractivity contribution in [1.82, 2.24) is 20.4 Å². The largest absolute Gasteiger partial charge is 0.352 e. The molecule has 3 aliphatic rings. The van der Waals surface area contributed by atoms with Crippen molar-refractivity contribution in [2.24, 2.45) is 0 Å². The third-order valence-corrected chi connectivity index (χ3v) is 5.30. The van der Waals surface area contributed by atoms with Crippen LogP contribution in [-0.4, -0.2) is 53.3 Å². The zero-order valence-electron chi connectivity index (χ0n) is 15.9. The molecule has 1 aliphatic carbocycles. The monoisotopic (exact) mass is 380 g/mol. The van der Waals surface area contributed by atoms with Gasteiger partial charge in [0.1, 0.15) is 6.54 Å². The van der Waals surface area contributed by atoms with Gasteiger partial charge in [-0.1, -0.05) is 35.9 Å². The van der Waals surface area contributed by atoms with Crippen molar-refractivity contribution < 1.29 is 14.4 Å². The van der Waals surface area contributed by atoms with Crippen LogP contribution in [0.15, 0.2) is 48.2 Å². The molecule has 0 unspecified atom stereocenters. The Morgan fingerprint density at radius 1 is 1.29 bits per heavy atom. The van der Waals surface area contributed by atoms with Gasteiger partial charge < -0.3 is 15.5 Å². The normalized spacial score (nSPS) is 21.5. The summed E-state index contributed by atoms with van der Waals surface area (Å²) in [5, 5.41) is 5.85. The Morgan fingerprint density at radius 2 is 2.00 bits per heavy atom. The average Bonchev–Trinajstić information content (AvgIpc) is 3.41. The lowest BCUT2D eigenvalue weighted by molar-refractivity contribution is -0.132. The number of urea groups is 1. The zero-order chi connectivity index (χ0) is 19.8. The van der Waals surface area contributed by atoms with Gasteiger partial charge in [0.25, 0.3) is 5.91 Å². The van der Waals surface area contributed by atoms with Gasteiger partial charge in [0.2, 0.25) is 5.91 Å². The molecule has 0 bridgehead atoms. The summed E-state index contributed by atoms with van der Waals surface area (Å²) in [4.78, 5) is 41.1. The standard InChI is InChI=1S/C21H24N4O3/c1-3-10-25-16-11-24(12-17(26)22-15-8-9-15)20(27)18(16)19(23-21(25)28)14-6-4-13(2)5-7-14/h3-7,15,19H,1,8-12H2,2H3,(H,22,26)(H,23,28)/t19-/m0/s1. The minimum atomic E-state index is -0.520. The van der Waals surface area contributed by atoms with Crippen LogP contribution in [0, 0.1) is 6.92 Å². The molecule has 1 aromatic rings. The molecule has 1 fully saturated rings. The number of carbonyl (C=O) groups excluding carboxylic acids is 3. The highest BCUT2D eigenvalue weighted by atomic mass is 16.2. The number of aryl methyl sites for hydroxylation is 1. The molecule has 4 amide bonds. The van der Waals surface area contributed by atoms with Crippen molar-refractivity contribution in [3.63, 3.8) is 0 Å². The van der Waals surface area contributed by atoms with Crippen molar-refractivity contribution in [2.45, 2.75) is 31.8 Å². The highest BCUT2D eigenvalue weighted by molar-refractivity contribution is 6.03.